The van der Waals surface area contributed by atoms with Crippen LogP contribution in [0, 0.1) is 57.1 Å². The van der Waals surface area contributed by atoms with E-state index in [0.29, 0.717) is 0 Å². The maximum absolute atomic E-state index is 8.25. The largest absolute Gasteiger partial charge is 0.412 e. The normalized spacial score (nSPS) is 38.3. The summed E-state index contributed by atoms with van der Waals surface area (Å²) in [5.74, 6) is 0. The molecule has 0 aromatic carbocycles. The zero-order valence-electron chi connectivity index (χ0n) is 8.40. The van der Waals surface area contributed by atoms with Crippen molar-refractivity contribution in [3.05, 3.63) is 15.3 Å². The summed E-state index contributed by atoms with van der Waals surface area (Å²) < 4.78 is 0. The molecule has 18 heavy (non-hydrogen) atoms. The Bertz CT molecular complexity index is 190. The van der Waals surface area contributed by atoms with Gasteiger partial charge in [-0.25, -0.2) is 0 Å². The summed E-state index contributed by atoms with van der Waals surface area (Å²) in [5, 5.41) is 12.1. The van der Waals surface area contributed by atoms with Crippen LogP contribution >= 0.6 is 69.6 Å². The summed E-state index contributed by atoms with van der Waals surface area (Å²) >= 11 is 35.3. The maximum atomic E-state index is 8.25. The number of halogens is 6. The van der Waals surface area contributed by atoms with Gasteiger partial charge in [0.05, 0.1) is 37.3 Å². The third-order valence-corrected chi connectivity index (χ3v) is 5.86. The molecular weight excluding hydrogens is 503 g/mol. The van der Waals surface area contributed by atoms with Crippen molar-refractivity contribution >= 4 is 69.6 Å². The molecule has 0 aromatic rings. The summed E-state index contributed by atoms with van der Waals surface area (Å²) in [7, 11) is 0. The second-order valence-electron chi connectivity index (χ2n) is 2.89. The summed E-state index contributed by atoms with van der Waals surface area (Å²) in [4.78, 5) is 8.25. The quantitative estimate of drug-likeness (QED) is 0.284. The van der Waals surface area contributed by atoms with Crippen LogP contribution in [0.4, 0.5) is 0 Å². The van der Waals surface area contributed by atoms with Gasteiger partial charge in [0.2, 0.25) is 0 Å². The first kappa shape index (κ1) is 25.2. The third kappa shape index (κ3) is 7.90. The zero-order valence-corrected chi connectivity index (χ0v) is 16.1. The summed E-state index contributed by atoms with van der Waals surface area (Å²) in [6.45, 7) is 0. The standard InChI is InChI=1S/C6H6Cl6.Ce.NO3.H2O/c7-1-2(8)4(10)6(12)5(11)3(1)9;;2-1(3)4;/h1-6H;;;1H2/q;;-1;/t1-,2-,3-,4+,5+,6+;;;. The van der Waals surface area contributed by atoms with Crippen molar-refractivity contribution in [2.45, 2.75) is 32.3 Å². The van der Waals surface area contributed by atoms with Gasteiger partial charge in [0, 0.05) is 41.7 Å². The van der Waals surface area contributed by atoms with E-state index in [9.17, 15) is 0 Å². The van der Waals surface area contributed by atoms with Gasteiger partial charge in [-0.1, -0.05) is 0 Å². The van der Waals surface area contributed by atoms with E-state index in [1.54, 1.807) is 0 Å². The Labute approximate surface area is 167 Å². The molecule has 0 aromatic heterocycles. The van der Waals surface area contributed by atoms with Crippen LogP contribution in [0.25, 0.3) is 0 Å². The molecule has 1 aliphatic carbocycles. The van der Waals surface area contributed by atoms with E-state index in [4.69, 9.17) is 84.9 Å². The minimum atomic E-state index is -1.75. The van der Waals surface area contributed by atoms with Crippen LogP contribution in [-0.2, 0) is 0 Å². The molecule has 0 saturated heterocycles. The van der Waals surface area contributed by atoms with E-state index in [1.807, 2.05) is 0 Å². The van der Waals surface area contributed by atoms with Gasteiger partial charge in [-0.2, -0.15) is 0 Å². The van der Waals surface area contributed by atoms with Crippen molar-refractivity contribution in [1.82, 2.24) is 0 Å². The van der Waals surface area contributed by atoms with E-state index in [0.717, 1.165) is 0 Å². The van der Waals surface area contributed by atoms with E-state index in [1.165, 1.54) is 0 Å². The van der Waals surface area contributed by atoms with Crippen LogP contribution in [0.2, 0.25) is 0 Å². The van der Waals surface area contributed by atoms with Gasteiger partial charge in [0.15, 0.2) is 0 Å². The van der Waals surface area contributed by atoms with Gasteiger partial charge in [-0.15, -0.1) is 69.6 Å². The SMILES string of the molecule is Cl[C@H]1[C@H](Cl)[C@@H](Cl)[C@@H](Cl)[C@H](Cl)[C@H]1Cl.O.O=[N+]([O-])[O-].[Ce]. The zero-order chi connectivity index (χ0) is 13.0. The Morgan fingerprint density at radius 2 is 0.722 bits per heavy atom. The Morgan fingerprint density at radius 3 is 0.778 bits per heavy atom. The molecule has 108 valence electrons. The molecule has 0 bridgehead atoms. The molecule has 0 amide bonds. The third-order valence-electron chi connectivity index (χ3n) is 1.83. The summed E-state index contributed by atoms with van der Waals surface area (Å²) in [6, 6.07) is 0. The van der Waals surface area contributed by atoms with Gasteiger partial charge in [-0.05, 0) is 0 Å². The molecule has 12 heteroatoms. The first-order chi connectivity index (χ1) is 7.20. The second-order valence-corrected chi connectivity index (χ2v) is 5.91. The van der Waals surface area contributed by atoms with Crippen LogP contribution in [-0.4, -0.2) is 42.8 Å². The Kier molecular flexibility index (Phi) is 16.7. The van der Waals surface area contributed by atoms with Crippen LogP contribution in [0.1, 0.15) is 0 Å². The fourth-order valence-electron chi connectivity index (χ4n) is 1.05. The molecule has 1 saturated carbocycles. The van der Waals surface area contributed by atoms with Gasteiger partial charge in [0.1, 0.15) is 0 Å². The molecule has 1 fully saturated rings. The molecule has 0 aliphatic heterocycles. The van der Waals surface area contributed by atoms with E-state index < -0.39 is 37.3 Å². The average Bonchev–Trinajstić information content (AvgIpc) is 2.20. The molecule has 1 aliphatic rings. The summed E-state index contributed by atoms with van der Waals surface area (Å²) in [6.07, 6.45) is 0. The van der Waals surface area contributed by atoms with E-state index in [-0.39, 0.29) is 47.2 Å². The van der Waals surface area contributed by atoms with Crippen molar-refractivity contribution in [2.24, 2.45) is 0 Å². The molecule has 0 atom stereocenters. The van der Waals surface area contributed by atoms with Crippen LogP contribution in [0.5, 0.6) is 0 Å². The number of nitrogens with zero attached hydrogens (tertiary/aromatic N) is 1. The first-order valence-electron chi connectivity index (χ1n) is 3.86. The Hall–Kier alpha value is 2.28. The molecule has 0 spiro atoms. The monoisotopic (exact) mass is 508 g/mol. The van der Waals surface area contributed by atoms with Crippen molar-refractivity contribution in [1.29, 1.82) is 0 Å². The maximum Gasteiger partial charge on any atom is 0.0693 e. The van der Waals surface area contributed by atoms with Gasteiger partial charge in [0.25, 0.3) is 0 Å². The number of alkyl halides is 6. The Balaban J connectivity index is -0.000000332. The van der Waals surface area contributed by atoms with Gasteiger partial charge < -0.3 is 20.8 Å². The van der Waals surface area contributed by atoms with Gasteiger partial charge in [-0.3, -0.25) is 0 Å². The van der Waals surface area contributed by atoms with Crippen molar-refractivity contribution < 1.29 is 52.3 Å². The predicted molar refractivity (Wildman–Crippen MR) is 71.8 cm³/mol. The number of hydrogen-bond donors (Lipinski definition) is 0. The number of hydrogen-bond acceptors (Lipinski definition) is 3. The molecule has 0 unspecified atom stereocenters. The molecule has 1 rings (SSSR count). The Morgan fingerprint density at radius 1 is 0.667 bits per heavy atom. The molecule has 2 N–H and O–H groups in total. The van der Waals surface area contributed by atoms with Crippen molar-refractivity contribution in [2.75, 3.05) is 0 Å². The minimum Gasteiger partial charge on any atom is -0.412 e. The first-order valence-corrected chi connectivity index (χ1v) is 6.48. The smallest absolute Gasteiger partial charge is 0.0693 e. The second kappa shape index (κ2) is 11.9. The average molecular weight is 511 g/mol. The van der Waals surface area contributed by atoms with E-state index in [2.05, 4.69) is 0 Å². The summed E-state index contributed by atoms with van der Waals surface area (Å²) in [5.41, 5.74) is 0. The number of rotatable bonds is 0. The van der Waals surface area contributed by atoms with Crippen LogP contribution in [0.15, 0.2) is 0 Å². The van der Waals surface area contributed by atoms with Crippen molar-refractivity contribution in [3.8, 4) is 0 Å². The van der Waals surface area contributed by atoms with Crippen molar-refractivity contribution in [3.63, 3.8) is 0 Å². The van der Waals surface area contributed by atoms with Crippen LogP contribution < -0.4 is 0 Å². The molecule has 0 heterocycles. The molecule has 0 radical (unpaired) electrons. The topological polar surface area (TPSA) is 97.7 Å². The predicted octanol–water partition coefficient (Wildman–Crippen LogP) is 2.58. The molecule has 5 nitrogen and oxygen atoms in total. The minimum absolute atomic E-state index is 0. The fourth-order valence-corrected chi connectivity index (χ4v) is 3.38. The molecular formula is C6H8CeCl6NO4-. The van der Waals surface area contributed by atoms with E-state index >= 15 is 0 Å². The van der Waals surface area contributed by atoms with Crippen LogP contribution in [0.3, 0.4) is 0 Å². The fraction of sp³-hybridized carbons (Fsp3) is 1.00. The van der Waals surface area contributed by atoms with Gasteiger partial charge >= 0.3 is 0 Å².